The van der Waals surface area contributed by atoms with Crippen LogP contribution in [0.4, 0.5) is 5.69 Å². The minimum Gasteiger partial charge on any atom is -0.388 e. The van der Waals surface area contributed by atoms with Gasteiger partial charge in [-0.25, -0.2) is 0 Å². The summed E-state index contributed by atoms with van der Waals surface area (Å²) in [4.78, 5) is 10.3. The summed E-state index contributed by atoms with van der Waals surface area (Å²) >= 11 is 1.76. The lowest BCUT2D eigenvalue weighted by atomic mass is 10.0. The largest absolute Gasteiger partial charge is 0.388 e. The number of non-ortho nitro benzene ring substituents is 1. The number of rotatable bonds is 5. The number of hydrogen-bond acceptors (Lipinski definition) is 5. The third-order valence-electron chi connectivity index (χ3n) is 3.40. The Hall–Kier alpha value is -1.11. The maximum Gasteiger partial charge on any atom is 0.269 e. The van der Waals surface area contributed by atoms with Crippen molar-refractivity contribution in [2.75, 3.05) is 18.1 Å². The molecule has 2 rings (SSSR count). The zero-order valence-electron chi connectivity index (χ0n) is 10.8. The second-order valence-electron chi connectivity index (χ2n) is 4.98. The fourth-order valence-electron chi connectivity index (χ4n) is 2.10. The lowest BCUT2D eigenvalue weighted by molar-refractivity contribution is -0.384. The number of hydrogen-bond donors (Lipinski definition) is 2. The summed E-state index contributed by atoms with van der Waals surface area (Å²) in [6, 6.07) is 6.58. The number of benzene rings is 1. The van der Waals surface area contributed by atoms with Crippen molar-refractivity contribution in [3.05, 3.63) is 39.9 Å². The molecule has 0 bridgehead atoms. The van der Waals surface area contributed by atoms with Crippen molar-refractivity contribution in [3.63, 3.8) is 0 Å². The predicted molar refractivity (Wildman–Crippen MR) is 76.4 cm³/mol. The topological polar surface area (TPSA) is 75.4 Å². The first kappa shape index (κ1) is 14.3. The number of thioether (sulfide) groups is 1. The number of nitrogens with one attached hydrogen (secondary N) is 1. The smallest absolute Gasteiger partial charge is 0.269 e. The van der Waals surface area contributed by atoms with E-state index in [2.05, 4.69) is 5.32 Å². The van der Waals surface area contributed by atoms with Crippen molar-refractivity contribution >= 4 is 17.4 Å². The van der Waals surface area contributed by atoms with Crippen molar-refractivity contribution in [1.82, 2.24) is 5.32 Å². The van der Waals surface area contributed by atoms with Gasteiger partial charge in [-0.05, 0) is 24.7 Å². The molecule has 1 aromatic rings. The second-order valence-corrected chi connectivity index (χ2v) is 6.09. The summed E-state index contributed by atoms with van der Waals surface area (Å²) in [7, 11) is 0. The minimum atomic E-state index is -0.639. The van der Waals surface area contributed by atoms with E-state index >= 15 is 0 Å². The molecule has 0 saturated carbocycles. The second kappa shape index (κ2) is 5.90. The van der Waals surface area contributed by atoms with E-state index in [9.17, 15) is 15.2 Å². The van der Waals surface area contributed by atoms with E-state index in [0.29, 0.717) is 6.54 Å². The molecule has 1 fully saturated rings. The van der Waals surface area contributed by atoms with Crippen LogP contribution >= 0.6 is 11.8 Å². The highest BCUT2D eigenvalue weighted by molar-refractivity contribution is 7.99. The molecule has 1 saturated heterocycles. The monoisotopic (exact) mass is 282 g/mol. The Balaban J connectivity index is 1.97. The van der Waals surface area contributed by atoms with Gasteiger partial charge in [0.05, 0.1) is 10.5 Å². The fraction of sp³-hybridized carbons (Fsp3) is 0.538. The van der Waals surface area contributed by atoms with Gasteiger partial charge < -0.3 is 10.4 Å². The van der Waals surface area contributed by atoms with Crippen LogP contribution in [0.3, 0.4) is 0 Å². The quantitative estimate of drug-likeness (QED) is 0.639. The highest BCUT2D eigenvalue weighted by Gasteiger charge is 2.31. The molecule has 104 valence electrons. The summed E-state index contributed by atoms with van der Waals surface area (Å²) in [6.45, 7) is 2.47. The van der Waals surface area contributed by atoms with Gasteiger partial charge in [-0.15, -0.1) is 0 Å². The molecule has 2 atom stereocenters. The molecule has 2 unspecified atom stereocenters. The van der Waals surface area contributed by atoms with Gasteiger partial charge in [-0.1, -0.05) is 12.1 Å². The minimum absolute atomic E-state index is 0.0190. The lowest BCUT2D eigenvalue weighted by Crippen LogP contribution is -2.41. The van der Waals surface area contributed by atoms with Crippen LogP contribution in [-0.4, -0.2) is 33.7 Å². The fourth-order valence-corrected chi connectivity index (χ4v) is 3.40. The Kier molecular flexibility index (Phi) is 4.44. The highest BCUT2D eigenvalue weighted by atomic mass is 32.2. The Morgan fingerprint density at radius 1 is 1.63 bits per heavy atom. The molecule has 1 aromatic carbocycles. The molecule has 0 aliphatic carbocycles. The van der Waals surface area contributed by atoms with E-state index in [0.717, 1.165) is 23.5 Å². The van der Waals surface area contributed by atoms with Crippen LogP contribution in [-0.2, 0) is 0 Å². The summed E-state index contributed by atoms with van der Waals surface area (Å²) in [5.74, 6) is 1.74. The van der Waals surface area contributed by atoms with Crippen LogP contribution in [0.15, 0.2) is 24.3 Å². The van der Waals surface area contributed by atoms with Crippen LogP contribution < -0.4 is 5.32 Å². The van der Waals surface area contributed by atoms with Crippen molar-refractivity contribution in [1.29, 1.82) is 0 Å². The van der Waals surface area contributed by atoms with Gasteiger partial charge in [0, 0.05) is 30.5 Å². The maximum atomic E-state index is 10.7. The van der Waals surface area contributed by atoms with Crippen molar-refractivity contribution in [2.45, 2.75) is 25.0 Å². The summed E-state index contributed by atoms with van der Waals surface area (Å²) < 4.78 is 0. The van der Waals surface area contributed by atoms with Gasteiger partial charge in [0.2, 0.25) is 0 Å². The Morgan fingerprint density at radius 2 is 2.42 bits per heavy atom. The van der Waals surface area contributed by atoms with E-state index in [-0.39, 0.29) is 11.7 Å². The lowest BCUT2D eigenvalue weighted by Gasteiger charge is -2.24. The Morgan fingerprint density at radius 3 is 3.05 bits per heavy atom. The van der Waals surface area contributed by atoms with E-state index in [4.69, 9.17) is 0 Å². The van der Waals surface area contributed by atoms with Crippen molar-refractivity contribution in [3.8, 4) is 0 Å². The number of nitro benzene ring substituents is 1. The summed E-state index contributed by atoms with van der Waals surface area (Å²) in [5, 5.41) is 24.2. The Labute approximate surface area is 116 Å². The van der Waals surface area contributed by atoms with E-state index in [1.165, 1.54) is 6.07 Å². The van der Waals surface area contributed by atoms with Crippen LogP contribution in [0.25, 0.3) is 0 Å². The molecule has 0 spiro atoms. The molecular weight excluding hydrogens is 264 g/mol. The molecule has 0 amide bonds. The van der Waals surface area contributed by atoms with Gasteiger partial charge >= 0.3 is 0 Å². The first-order valence-electron chi connectivity index (χ1n) is 6.28. The number of nitro groups is 1. The first-order valence-corrected chi connectivity index (χ1v) is 7.43. The molecule has 19 heavy (non-hydrogen) atoms. The van der Waals surface area contributed by atoms with Crippen LogP contribution in [0, 0.1) is 10.1 Å². The van der Waals surface area contributed by atoms with Crippen LogP contribution in [0.2, 0.25) is 0 Å². The van der Waals surface area contributed by atoms with Gasteiger partial charge in [-0.2, -0.15) is 11.8 Å². The maximum absolute atomic E-state index is 10.7. The van der Waals surface area contributed by atoms with Gasteiger partial charge in [0.15, 0.2) is 0 Å². The van der Waals surface area contributed by atoms with Gasteiger partial charge in [-0.3, -0.25) is 10.1 Å². The molecule has 5 nitrogen and oxygen atoms in total. The van der Waals surface area contributed by atoms with E-state index in [1.807, 2.05) is 13.0 Å². The first-order chi connectivity index (χ1) is 9.00. The Bertz CT molecular complexity index is 461. The molecule has 1 heterocycles. The molecule has 1 aliphatic rings. The van der Waals surface area contributed by atoms with E-state index < -0.39 is 10.5 Å². The van der Waals surface area contributed by atoms with Gasteiger partial charge in [0.1, 0.15) is 0 Å². The molecule has 6 heteroatoms. The number of aliphatic hydroxyl groups is 1. The average molecular weight is 282 g/mol. The molecule has 0 aromatic heterocycles. The zero-order valence-corrected chi connectivity index (χ0v) is 11.7. The third kappa shape index (κ3) is 3.68. The molecular formula is C13H18N2O3S. The van der Waals surface area contributed by atoms with Crippen molar-refractivity contribution < 1.29 is 10.0 Å². The van der Waals surface area contributed by atoms with Crippen LogP contribution in [0.5, 0.6) is 0 Å². The van der Waals surface area contributed by atoms with Crippen molar-refractivity contribution in [2.24, 2.45) is 0 Å². The zero-order chi connectivity index (χ0) is 13.9. The molecule has 2 N–H and O–H groups in total. The summed E-state index contributed by atoms with van der Waals surface area (Å²) in [6.07, 6.45) is 0.798. The normalized spacial score (nSPS) is 24.3. The molecule has 1 aliphatic heterocycles. The van der Waals surface area contributed by atoms with E-state index in [1.54, 1.807) is 23.9 Å². The third-order valence-corrected chi connectivity index (χ3v) is 4.64. The SMILES string of the molecule is CC(NCC1(O)CCSC1)c1cccc([N+](=O)[O-])c1. The van der Waals surface area contributed by atoms with Gasteiger partial charge in [0.25, 0.3) is 5.69 Å². The molecule has 0 radical (unpaired) electrons. The standard InChI is InChI=1S/C13H18N2O3S/c1-10(14-8-13(16)5-6-19-9-13)11-3-2-4-12(7-11)15(17)18/h2-4,7,10,14,16H,5-6,8-9H2,1H3. The average Bonchev–Trinajstić information content (AvgIpc) is 2.83. The number of nitrogens with zero attached hydrogens (tertiary/aromatic N) is 1. The predicted octanol–water partition coefficient (Wildman–Crippen LogP) is 2.11. The highest BCUT2D eigenvalue weighted by Crippen LogP contribution is 2.28. The summed E-state index contributed by atoms with van der Waals surface area (Å²) in [5.41, 5.74) is 0.323. The van der Waals surface area contributed by atoms with Crippen LogP contribution in [0.1, 0.15) is 24.9 Å².